The van der Waals surface area contributed by atoms with Crippen molar-refractivity contribution >= 4 is 23.1 Å². The van der Waals surface area contributed by atoms with Crippen molar-refractivity contribution in [3.63, 3.8) is 0 Å². The average Bonchev–Trinajstić information content (AvgIpc) is 3.03. The molecule has 0 spiro atoms. The molecule has 2 atom stereocenters. The number of carbonyl (C=O) groups is 2. The summed E-state index contributed by atoms with van der Waals surface area (Å²) in [5.74, 6) is -0.164. The maximum absolute atomic E-state index is 14.4. The zero-order valence-electron chi connectivity index (χ0n) is 20.6. The molecule has 184 valence electrons. The molecular weight excluding hydrogens is 455 g/mol. The van der Waals surface area contributed by atoms with Crippen molar-refractivity contribution in [1.29, 1.82) is 0 Å². The van der Waals surface area contributed by atoms with E-state index in [2.05, 4.69) is 5.32 Å². The third kappa shape index (κ3) is 4.28. The van der Waals surface area contributed by atoms with Crippen LogP contribution in [0.15, 0.2) is 84.1 Å². The van der Waals surface area contributed by atoms with E-state index in [-0.39, 0.29) is 23.5 Å². The summed E-state index contributed by atoms with van der Waals surface area (Å²) >= 11 is 0. The van der Waals surface area contributed by atoms with Gasteiger partial charge >= 0.3 is 0 Å². The molecule has 3 aromatic carbocycles. The first-order chi connectivity index (χ1) is 17.4. The summed E-state index contributed by atoms with van der Waals surface area (Å²) in [7, 11) is 1.62. The van der Waals surface area contributed by atoms with Gasteiger partial charge in [0, 0.05) is 23.6 Å². The van der Waals surface area contributed by atoms with Gasteiger partial charge in [-0.3, -0.25) is 14.5 Å². The number of hydrogen-bond acceptors (Lipinski definition) is 4. The largest absolute Gasteiger partial charge is 0.497 e. The second-order valence-corrected chi connectivity index (χ2v) is 9.66. The number of fused-ring (bicyclic) bond motifs is 1. The maximum atomic E-state index is 14.4. The summed E-state index contributed by atoms with van der Waals surface area (Å²) in [5.41, 5.74) is 4.34. The van der Waals surface area contributed by atoms with Crippen LogP contribution in [0.25, 0.3) is 0 Å². The van der Waals surface area contributed by atoms with Crippen LogP contribution in [0.3, 0.4) is 0 Å². The minimum Gasteiger partial charge on any atom is -0.497 e. The summed E-state index contributed by atoms with van der Waals surface area (Å²) < 4.78 is 19.7. The minimum atomic E-state index is -0.730. The Morgan fingerprint density at radius 2 is 1.75 bits per heavy atom. The standard InChI is InChI=1S/C30H29FN2O3/c1-18(2)30(35)33-26-10-5-4-9-24(26)32-25-16-21(19-11-13-23(36-3)14-12-19)17-27(34)28(25)29(33)20-7-6-8-22(31)15-20/h4-15,18,21,29,32H,16-17H2,1-3H3/t21-,29-/m0/s1. The number of hydrogen-bond donors (Lipinski definition) is 1. The van der Waals surface area contributed by atoms with Crippen molar-refractivity contribution in [2.45, 2.75) is 38.6 Å². The van der Waals surface area contributed by atoms with Crippen LogP contribution in [0, 0.1) is 11.7 Å². The Labute approximate surface area is 210 Å². The SMILES string of the molecule is COc1ccc([C@@H]2CC(=O)C3=C(C2)Nc2ccccc2N(C(=O)C(C)C)[C@H]3c2cccc(F)c2)cc1. The number of allylic oxidation sites excluding steroid dienone is 1. The van der Waals surface area contributed by atoms with Crippen molar-refractivity contribution in [3.05, 3.63) is 101 Å². The molecule has 0 bridgehead atoms. The minimum absolute atomic E-state index is 0.0256. The third-order valence-electron chi connectivity index (χ3n) is 6.97. The Morgan fingerprint density at radius 1 is 1.00 bits per heavy atom. The fourth-order valence-electron chi connectivity index (χ4n) is 5.21. The molecule has 1 N–H and O–H groups in total. The van der Waals surface area contributed by atoms with Crippen LogP contribution in [0.5, 0.6) is 5.75 Å². The van der Waals surface area contributed by atoms with Gasteiger partial charge in [0.1, 0.15) is 11.6 Å². The second-order valence-electron chi connectivity index (χ2n) is 9.66. The lowest BCUT2D eigenvalue weighted by molar-refractivity contribution is -0.121. The molecule has 6 heteroatoms. The normalized spacial score (nSPS) is 19.4. The van der Waals surface area contributed by atoms with Crippen LogP contribution >= 0.6 is 0 Å². The van der Waals surface area contributed by atoms with Crippen LogP contribution in [-0.4, -0.2) is 18.8 Å². The average molecular weight is 485 g/mol. The van der Waals surface area contributed by atoms with Gasteiger partial charge in [0.05, 0.1) is 24.5 Å². The van der Waals surface area contributed by atoms with E-state index in [9.17, 15) is 14.0 Å². The molecule has 1 amide bonds. The highest BCUT2D eigenvalue weighted by atomic mass is 19.1. The summed E-state index contributed by atoms with van der Waals surface area (Å²) in [6.45, 7) is 3.67. The summed E-state index contributed by atoms with van der Waals surface area (Å²) in [6, 6.07) is 20.8. The Morgan fingerprint density at radius 3 is 2.44 bits per heavy atom. The fourth-order valence-corrected chi connectivity index (χ4v) is 5.21. The third-order valence-corrected chi connectivity index (χ3v) is 6.97. The van der Waals surface area contributed by atoms with Crippen LogP contribution in [-0.2, 0) is 9.59 Å². The van der Waals surface area contributed by atoms with E-state index >= 15 is 0 Å². The number of para-hydroxylation sites is 2. The van der Waals surface area contributed by atoms with Crippen molar-refractivity contribution in [2.75, 3.05) is 17.3 Å². The number of methoxy groups -OCH3 is 1. The van der Waals surface area contributed by atoms with E-state index in [0.717, 1.165) is 22.7 Å². The number of nitrogens with zero attached hydrogens (tertiary/aromatic N) is 1. The topological polar surface area (TPSA) is 58.6 Å². The maximum Gasteiger partial charge on any atom is 0.230 e. The lowest BCUT2D eigenvalue weighted by atomic mass is 9.78. The quantitative estimate of drug-likeness (QED) is 0.466. The molecule has 5 rings (SSSR count). The van der Waals surface area contributed by atoms with Crippen LogP contribution in [0.4, 0.5) is 15.8 Å². The number of halogens is 1. The molecule has 0 radical (unpaired) electrons. The number of carbonyl (C=O) groups excluding carboxylic acids is 2. The molecule has 0 saturated heterocycles. The van der Waals surface area contributed by atoms with Gasteiger partial charge in [0.2, 0.25) is 5.91 Å². The smallest absolute Gasteiger partial charge is 0.230 e. The van der Waals surface area contributed by atoms with Crippen LogP contribution in [0.2, 0.25) is 0 Å². The van der Waals surface area contributed by atoms with E-state index in [0.29, 0.717) is 29.7 Å². The molecule has 0 unspecified atom stereocenters. The molecule has 5 nitrogen and oxygen atoms in total. The van der Waals surface area contributed by atoms with Crippen molar-refractivity contribution in [3.8, 4) is 5.75 Å². The molecular formula is C30H29FN2O3. The van der Waals surface area contributed by atoms with Crippen molar-refractivity contribution in [2.24, 2.45) is 5.92 Å². The van der Waals surface area contributed by atoms with Gasteiger partial charge in [0.15, 0.2) is 5.78 Å². The Kier molecular flexibility index (Phi) is 6.35. The summed E-state index contributed by atoms with van der Waals surface area (Å²) in [5, 5.41) is 3.50. The van der Waals surface area contributed by atoms with E-state index in [1.165, 1.54) is 12.1 Å². The van der Waals surface area contributed by atoms with Gasteiger partial charge in [-0.15, -0.1) is 0 Å². The first kappa shape index (κ1) is 23.8. The first-order valence-corrected chi connectivity index (χ1v) is 12.2. The molecule has 1 aliphatic carbocycles. The second kappa shape index (κ2) is 9.61. The van der Waals surface area contributed by atoms with Crippen molar-refractivity contribution in [1.82, 2.24) is 0 Å². The molecule has 36 heavy (non-hydrogen) atoms. The van der Waals surface area contributed by atoms with Gasteiger partial charge in [-0.2, -0.15) is 0 Å². The number of Topliss-reactive ketones (excluding diaryl/α,β-unsaturated/α-hetero) is 1. The Balaban J connectivity index is 1.69. The lowest BCUT2D eigenvalue weighted by Gasteiger charge is -2.36. The zero-order valence-corrected chi connectivity index (χ0v) is 20.6. The number of benzene rings is 3. The van der Waals surface area contributed by atoms with E-state index < -0.39 is 11.9 Å². The number of anilines is 2. The van der Waals surface area contributed by atoms with Crippen LogP contribution < -0.4 is 15.0 Å². The molecule has 0 fully saturated rings. The predicted octanol–water partition coefficient (Wildman–Crippen LogP) is 6.39. The van der Waals surface area contributed by atoms with Crippen molar-refractivity contribution < 1.29 is 18.7 Å². The van der Waals surface area contributed by atoms with E-state index in [4.69, 9.17) is 4.74 Å². The number of rotatable bonds is 4. The number of ether oxygens (including phenoxy) is 1. The zero-order chi connectivity index (χ0) is 25.4. The van der Waals surface area contributed by atoms with E-state index in [1.54, 1.807) is 24.1 Å². The van der Waals surface area contributed by atoms with Gasteiger partial charge in [-0.1, -0.05) is 50.2 Å². The lowest BCUT2D eigenvalue weighted by Crippen LogP contribution is -2.40. The van der Waals surface area contributed by atoms with Gasteiger partial charge in [0.25, 0.3) is 0 Å². The predicted molar refractivity (Wildman–Crippen MR) is 139 cm³/mol. The highest BCUT2D eigenvalue weighted by molar-refractivity contribution is 6.06. The van der Waals surface area contributed by atoms with Gasteiger partial charge in [-0.25, -0.2) is 4.39 Å². The van der Waals surface area contributed by atoms with Crippen LogP contribution in [0.1, 0.15) is 49.8 Å². The molecule has 0 saturated carbocycles. The monoisotopic (exact) mass is 484 g/mol. The highest BCUT2D eigenvalue weighted by Gasteiger charge is 2.42. The number of ketones is 1. The molecule has 3 aromatic rings. The molecule has 0 aromatic heterocycles. The molecule has 2 aliphatic rings. The van der Waals surface area contributed by atoms with E-state index in [1.807, 2.05) is 62.4 Å². The van der Waals surface area contributed by atoms with Gasteiger partial charge < -0.3 is 10.1 Å². The van der Waals surface area contributed by atoms with Gasteiger partial charge in [-0.05, 0) is 59.9 Å². The number of nitrogens with one attached hydrogen (secondary N) is 1. The first-order valence-electron chi connectivity index (χ1n) is 12.2. The number of amides is 1. The Hall–Kier alpha value is -3.93. The highest BCUT2D eigenvalue weighted by Crippen LogP contribution is 2.47. The Bertz CT molecular complexity index is 1350. The fraction of sp³-hybridized carbons (Fsp3) is 0.267. The molecule has 1 aliphatic heterocycles. The summed E-state index contributed by atoms with van der Waals surface area (Å²) in [6.07, 6.45) is 0.899. The molecule has 1 heterocycles. The summed E-state index contributed by atoms with van der Waals surface area (Å²) in [4.78, 5) is 29.2.